The first-order chi connectivity index (χ1) is 13.2. The van der Waals surface area contributed by atoms with Crippen LogP contribution in [-0.4, -0.2) is 37.0 Å². The Bertz CT molecular complexity index is 765. The second kappa shape index (κ2) is 9.77. The Morgan fingerprint density at radius 3 is 2.89 bits per heavy atom. The smallest absolute Gasteiger partial charge is 0.222 e. The fourth-order valence-electron chi connectivity index (χ4n) is 3.63. The van der Waals surface area contributed by atoms with Gasteiger partial charge < -0.3 is 15.0 Å². The lowest BCUT2D eigenvalue weighted by Crippen LogP contribution is -2.36. The molecule has 3 rings (SSSR count). The third-order valence-corrected chi connectivity index (χ3v) is 5.52. The molecule has 1 heterocycles. The first kappa shape index (κ1) is 19.7. The number of nitrogens with zero attached hydrogens (tertiary/aromatic N) is 1. The number of nitrogens with one attached hydrogen (secondary N) is 1. The quantitative estimate of drug-likeness (QED) is 0.661. The van der Waals surface area contributed by atoms with Crippen molar-refractivity contribution in [3.05, 3.63) is 64.7 Å². The summed E-state index contributed by atoms with van der Waals surface area (Å²) in [7, 11) is 1.68. The van der Waals surface area contributed by atoms with Gasteiger partial charge in [0, 0.05) is 30.6 Å². The third kappa shape index (κ3) is 5.47. The summed E-state index contributed by atoms with van der Waals surface area (Å²) < 4.78 is 5.26. The van der Waals surface area contributed by atoms with E-state index in [0.717, 1.165) is 55.2 Å². The molecule has 1 amide bonds. The van der Waals surface area contributed by atoms with E-state index in [1.54, 1.807) is 7.11 Å². The van der Waals surface area contributed by atoms with Gasteiger partial charge in [0.15, 0.2) is 0 Å². The van der Waals surface area contributed by atoms with Gasteiger partial charge in [-0.3, -0.25) is 4.79 Å². The average molecular weight is 387 g/mol. The molecule has 144 valence electrons. The second-order valence-corrected chi connectivity index (χ2v) is 7.35. The number of hydrogen-bond acceptors (Lipinski definition) is 3. The number of ether oxygens (including phenoxy) is 1. The Balaban J connectivity index is 1.45. The van der Waals surface area contributed by atoms with Gasteiger partial charge in [0.1, 0.15) is 5.75 Å². The largest absolute Gasteiger partial charge is 0.497 e. The number of carbonyl (C=O) groups is 1. The molecule has 2 aromatic rings. The maximum atomic E-state index is 12.3. The topological polar surface area (TPSA) is 41.6 Å². The molecule has 1 aliphatic heterocycles. The van der Waals surface area contributed by atoms with Crippen molar-refractivity contribution in [2.24, 2.45) is 0 Å². The van der Waals surface area contributed by atoms with Gasteiger partial charge in [-0.25, -0.2) is 0 Å². The highest BCUT2D eigenvalue weighted by atomic mass is 35.5. The van der Waals surface area contributed by atoms with Gasteiger partial charge in [-0.05, 0) is 55.1 Å². The highest BCUT2D eigenvalue weighted by molar-refractivity contribution is 6.31. The molecule has 2 aromatic carbocycles. The van der Waals surface area contributed by atoms with Crippen LogP contribution in [0, 0.1) is 0 Å². The lowest BCUT2D eigenvalue weighted by molar-refractivity contribution is -0.129. The second-order valence-electron chi connectivity index (χ2n) is 6.94. The van der Waals surface area contributed by atoms with Gasteiger partial charge in [0.05, 0.1) is 7.11 Å². The Kier molecular flexibility index (Phi) is 7.13. The van der Waals surface area contributed by atoms with Gasteiger partial charge in [-0.1, -0.05) is 41.9 Å². The normalized spacial score (nSPS) is 16.7. The Labute approximate surface area is 166 Å². The summed E-state index contributed by atoms with van der Waals surface area (Å²) in [6.07, 6.45) is 3.38. The number of benzene rings is 2. The van der Waals surface area contributed by atoms with Crippen LogP contribution in [0.25, 0.3) is 0 Å². The lowest BCUT2D eigenvalue weighted by Gasteiger charge is -2.25. The molecule has 1 unspecified atom stereocenters. The summed E-state index contributed by atoms with van der Waals surface area (Å²) in [6, 6.07) is 16.3. The molecule has 1 aliphatic rings. The van der Waals surface area contributed by atoms with Crippen molar-refractivity contribution >= 4 is 17.5 Å². The predicted molar refractivity (Wildman–Crippen MR) is 109 cm³/mol. The first-order valence-electron chi connectivity index (χ1n) is 9.54. The molecule has 1 N–H and O–H groups in total. The van der Waals surface area contributed by atoms with Crippen LogP contribution in [0.15, 0.2) is 48.5 Å². The maximum absolute atomic E-state index is 12.3. The summed E-state index contributed by atoms with van der Waals surface area (Å²) in [6.45, 7) is 2.43. The van der Waals surface area contributed by atoms with Gasteiger partial charge in [-0.15, -0.1) is 0 Å². The van der Waals surface area contributed by atoms with E-state index in [1.807, 2.05) is 47.4 Å². The lowest BCUT2D eigenvalue weighted by atomic mass is 10.1. The van der Waals surface area contributed by atoms with E-state index < -0.39 is 0 Å². The summed E-state index contributed by atoms with van der Waals surface area (Å²) in [4.78, 5) is 14.3. The van der Waals surface area contributed by atoms with E-state index in [2.05, 4.69) is 11.4 Å². The van der Waals surface area contributed by atoms with E-state index in [9.17, 15) is 4.79 Å². The number of halogens is 1. The fourth-order valence-corrected chi connectivity index (χ4v) is 3.86. The molecular weight excluding hydrogens is 360 g/mol. The minimum absolute atomic E-state index is 0.264. The summed E-state index contributed by atoms with van der Waals surface area (Å²) in [5.74, 6) is 1.14. The maximum Gasteiger partial charge on any atom is 0.222 e. The zero-order valence-electron chi connectivity index (χ0n) is 15.8. The molecule has 0 aliphatic carbocycles. The van der Waals surface area contributed by atoms with E-state index in [1.165, 1.54) is 5.56 Å². The Hall–Kier alpha value is -2.04. The van der Waals surface area contributed by atoms with Gasteiger partial charge in [0.25, 0.3) is 0 Å². The molecule has 27 heavy (non-hydrogen) atoms. The molecule has 0 aromatic heterocycles. The Morgan fingerprint density at radius 2 is 2.07 bits per heavy atom. The molecule has 0 saturated carbocycles. The van der Waals surface area contributed by atoms with Crippen molar-refractivity contribution in [3.63, 3.8) is 0 Å². The average Bonchev–Trinajstić information content (AvgIpc) is 3.04. The number of amides is 1. The van der Waals surface area contributed by atoms with Crippen LogP contribution in [-0.2, 0) is 17.8 Å². The molecular formula is C22H27ClN2O2. The molecule has 0 radical (unpaired) electrons. The first-order valence-corrected chi connectivity index (χ1v) is 9.91. The van der Waals surface area contributed by atoms with Crippen molar-refractivity contribution in [2.75, 3.05) is 20.2 Å². The van der Waals surface area contributed by atoms with E-state index in [4.69, 9.17) is 16.3 Å². The van der Waals surface area contributed by atoms with Crippen LogP contribution in [0.4, 0.5) is 0 Å². The number of rotatable bonds is 9. The molecule has 0 spiro atoms. The highest BCUT2D eigenvalue weighted by Gasteiger charge is 2.29. The summed E-state index contributed by atoms with van der Waals surface area (Å²) in [5.41, 5.74) is 2.31. The van der Waals surface area contributed by atoms with Crippen molar-refractivity contribution in [3.8, 4) is 5.75 Å². The van der Waals surface area contributed by atoms with Gasteiger partial charge >= 0.3 is 0 Å². The molecule has 1 atom stereocenters. The van der Waals surface area contributed by atoms with Crippen LogP contribution in [0.2, 0.25) is 5.02 Å². The van der Waals surface area contributed by atoms with Crippen molar-refractivity contribution < 1.29 is 9.53 Å². The minimum atomic E-state index is 0.264. The molecule has 1 saturated heterocycles. The standard InChI is InChI=1S/C22H27ClN2O2/c1-27-20-7-4-5-17(15-20)16-24-13-11-19-9-10-22(26)25(19)14-12-18-6-2-3-8-21(18)23/h2-8,15,19,24H,9-14,16H2,1H3. The third-order valence-electron chi connectivity index (χ3n) is 5.15. The SMILES string of the molecule is COc1cccc(CNCCC2CCC(=O)N2CCc2ccccc2Cl)c1. The zero-order valence-corrected chi connectivity index (χ0v) is 16.5. The van der Waals surface area contributed by atoms with E-state index in [0.29, 0.717) is 12.5 Å². The summed E-state index contributed by atoms with van der Waals surface area (Å²) >= 11 is 6.24. The van der Waals surface area contributed by atoms with Crippen LogP contribution in [0.5, 0.6) is 5.75 Å². The molecule has 0 bridgehead atoms. The van der Waals surface area contributed by atoms with Crippen LogP contribution in [0.3, 0.4) is 0 Å². The molecule has 5 heteroatoms. The van der Waals surface area contributed by atoms with Gasteiger partial charge in [0.2, 0.25) is 5.91 Å². The Morgan fingerprint density at radius 1 is 1.22 bits per heavy atom. The van der Waals surface area contributed by atoms with E-state index in [-0.39, 0.29) is 5.91 Å². The van der Waals surface area contributed by atoms with Gasteiger partial charge in [-0.2, -0.15) is 0 Å². The zero-order chi connectivity index (χ0) is 19.1. The van der Waals surface area contributed by atoms with Crippen molar-refractivity contribution in [1.82, 2.24) is 10.2 Å². The fraction of sp³-hybridized carbons (Fsp3) is 0.409. The number of likely N-dealkylation sites (tertiary alicyclic amines) is 1. The predicted octanol–water partition coefficient (Wildman–Crippen LogP) is 4.06. The van der Waals surface area contributed by atoms with Crippen LogP contribution >= 0.6 is 11.6 Å². The summed E-state index contributed by atoms with van der Waals surface area (Å²) in [5, 5.41) is 4.26. The monoisotopic (exact) mass is 386 g/mol. The molecule has 1 fully saturated rings. The highest BCUT2D eigenvalue weighted by Crippen LogP contribution is 2.23. The van der Waals surface area contributed by atoms with Crippen molar-refractivity contribution in [2.45, 2.75) is 38.3 Å². The van der Waals surface area contributed by atoms with Crippen LogP contribution < -0.4 is 10.1 Å². The number of hydrogen-bond donors (Lipinski definition) is 1. The van der Waals surface area contributed by atoms with E-state index >= 15 is 0 Å². The number of carbonyl (C=O) groups excluding carboxylic acids is 1. The van der Waals surface area contributed by atoms with Crippen molar-refractivity contribution in [1.29, 1.82) is 0 Å². The number of methoxy groups -OCH3 is 1. The molecule has 4 nitrogen and oxygen atoms in total. The van der Waals surface area contributed by atoms with Crippen LogP contribution in [0.1, 0.15) is 30.4 Å². The minimum Gasteiger partial charge on any atom is -0.497 e.